The summed E-state index contributed by atoms with van der Waals surface area (Å²) < 4.78 is 8.45. The second-order valence-corrected chi connectivity index (χ2v) is 11.6. The molecule has 1 saturated heterocycles. The molecule has 1 fully saturated rings. The number of ether oxygens (including phenoxy) is 2. The molecule has 1 heterocycles. The Morgan fingerprint density at radius 3 is 2.29 bits per heavy atom. The van der Waals surface area contributed by atoms with Crippen molar-refractivity contribution < 1.29 is 33.8 Å². The van der Waals surface area contributed by atoms with E-state index in [1.54, 1.807) is 20.8 Å². The topological polar surface area (TPSA) is 138 Å². The molecule has 3 N–H and O–H groups in total. The number of nitrogens with one attached hydrogen (secondary N) is 2. The van der Waals surface area contributed by atoms with Gasteiger partial charge in [-0.2, -0.15) is 0 Å². The smallest absolute Gasteiger partial charge is 0.410 e. The molecule has 1 aliphatic heterocycles. The van der Waals surface area contributed by atoms with Crippen LogP contribution in [0.15, 0.2) is 0 Å². The van der Waals surface area contributed by atoms with Gasteiger partial charge in [-0.25, -0.2) is 10.2 Å². The number of carbonyl (C=O) groups excluding carboxylic acids is 4. The molecule has 196 valence electrons. The van der Waals surface area contributed by atoms with Gasteiger partial charge in [-0.3, -0.25) is 24.3 Å². The normalized spacial score (nSPS) is 19.5. The number of likely N-dealkylation sites (N-methyl/N-ethyl adjacent to an activating group) is 1. The number of carbonyl (C=O) groups is 4. The van der Waals surface area contributed by atoms with Crippen LogP contribution in [0.1, 0.15) is 47.5 Å². The van der Waals surface area contributed by atoms with E-state index in [0.717, 1.165) is 4.90 Å². The molecule has 0 bridgehead atoms. The second kappa shape index (κ2) is 12.4. The molecule has 0 spiro atoms. The molecular formula is C20H33Cl3N4O7. The van der Waals surface area contributed by atoms with Gasteiger partial charge in [0.1, 0.15) is 30.3 Å². The van der Waals surface area contributed by atoms with Gasteiger partial charge in [0.25, 0.3) is 5.91 Å². The second-order valence-electron chi connectivity index (χ2n) is 9.04. The molecule has 0 radical (unpaired) electrons. The number of esters is 1. The van der Waals surface area contributed by atoms with E-state index in [2.05, 4.69) is 10.7 Å². The van der Waals surface area contributed by atoms with E-state index in [1.807, 2.05) is 0 Å². The Balaban J connectivity index is 2.78. The molecule has 0 aliphatic carbocycles. The van der Waals surface area contributed by atoms with Crippen molar-refractivity contribution in [3.05, 3.63) is 0 Å². The molecule has 0 aromatic rings. The van der Waals surface area contributed by atoms with Crippen molar-refractivity contribution in [1.82, 2.24) is 20.7 Å². The van der Waals surface area contributed by atoms with E-state index >= 15 is 0 Å². The molecule has 0 aromatic carbocycles. The zero-order valence-electron chi connectivity index (χ0n) is 20.1. The minimum absolute atomic E-state index is 0.283. The summed E-state index contributed by atoms with van der Waals surface area (Å²) in [7, 11) is 1.32. The zero-order valence-corrected chi connectivity index (χ0v) is 22.3. The summed E-state index contributed by atoms with van der Waals surface area (Å²) in [6, 6.07) is -3.18. The molecule has 0 aromatic heterocycles. The van der Waals surface area contributed by atoms with E-state index < -0.39 is 64.1 Å². The lowest BCUT2D eigenvalue weighted by Crippen LogP contribution is -2.61. The van der Waals surface area contributed by atoms with Crippen LogP contribution in [0.3, 0.4) is 0 Å². The fourth-order valence-electron chi connectivity index (χ4n) is 3.13. The summed E-state index contributed by atoms with van der Waals surface area (Å²) in [4.78, 5) is 51.2. The number of hydrogen-bond donors (Lipinski definition) is 3. The number of alkyl halides is 3. The van der Waals surface area contributed by atoms with Crippen LogP contribution in [0, 0.1) is 0 Å². The van der Waals surface area contributed by atoms with Gasteiger partial charge in [0.05, 0.1) is 6.10 Å². The Bertz CT molecular complexity index is 755. The molecule has 0 saturated carbocycles. The quantitative estimate of drug-likeness (QED) is 0.322. The molecular weight excluding hydrogens is 515 g/mol. The van der Waals surface area contributed by atoms with Crippen LogP contribution in [-0.2, 0) is 23.9 Å². The lowest BCUT2D eigenvalue weighted by Gasteiger charge is -2.35. The molecule has 4 unspecified atom stereocenters. The van der Waals surface area contributed by atoms with Gasteiger partial charge in [-0.05, 0) is 47.5 Å². The van der Waals surface area contributed by atoms with Crippen LogP contribution in [0.5, 0.6) is 0 Å². The van der Waals surface area contributed by atoms with Crippen LogP contribution < -0.4 is 10.7 Å². The van der Waals surface area contributed by atoms with Gasteiger partial charge in [-0.15, -0.1) is 0 Å². The average Bonchev–Trinajstić information content (AvgIpc) is 2.69. The Kier molecular flexibility index (Phi) is 11.2. The molecule has 34 heavy (non-hydrogen) atoms. The Hall–Kier alpha value is -1.53. The molecule has 14 heteroatoms. The van der Waals surface area contributed by atoms with Crippen LogP contribution in [0.4, 0.5) is 4.79 Å². The van der Waals surface area contributed by atoms with Gasteiger partial charge in [0.2, 0.25) is 9.70 Å². The first-order valence-corrected chi connectivity index (χ1v) is 11.8. The number of aliphatic hydroxyl groups is 1. The highest BCUT2D eigenvalue weighted by atomic mass is 35.6. The molecule has 11 nitrogen and oxygen atoms in total. The zero-order chi connectivity index (χ0) is 26.4. The number of halogens is 3. The fraction of sp³-hybridized carbons (Fsp3) is 0.800. The maximum atomic E-state index is 12.9. The highest BCUT2D eigenvalue weighted by molar-refractivity contribution is 6.67. The van der Waals surface area contributed by atoms with Crippen molar-refractivity contribution in [1.29, 1.82) is 0 Å². The number of rotatable bonds is 7. The van der Waals surface area contributed by atoms with Gasteiger partial charge in [0, 0.05) is 13.6 Å². The van der Waals surface area contributed by atoms with Crippen molar-refractivity contribution >= 4 is 58.7 Å². The van der Waals surface area contributed by atoms with Crippen LogP contribution in [0.25, 0.3) is 0 Å². The number of aliphatic hydroxyl groups excluding tert-OH is 1. The van der Waals surface area contributed by atoms with Crippen LogP contribution in [-0.4, -0.2) is 92.7 Å². The summed E-state index contributed by atoms with van der Waals surface area (Å²) in [6.45, 7) is 7.64. The maximum absolute atomic E-state index is 12.9. The minimum Gasteiger partial charge on any atom is -0.460 e. The number of amides is 3. The summed E-state index contributed by atoms with van der Waals surface area (Å²) in [5.74, 6) is -1.97. The summed E-state index contributed by atoms with van der Waals surface area (Å²) in [5.41, 5.74) is 1.96. The Morgan fingerprint density at radius 1 is 1.21 bits per heavy atom. The van der Waals surface area contributed by atoms with E-state index in [-0.39, 0.29) is 6.54 Å². The maximum Gasteiger partial charge on any atom is 0.410 e. The standard InChI is InChI=1S/C20H33Cl3N4O7/c1-11(24-15(29)14(12(2)28)26(6)18(32)34-19(3,4)5)16(30)27-9-7-8-13(25-27)17(31)33-10-20(21,22)23/h11-14,25,28H,7-10H2,1-6H3,(H,24,29). The van der Waals surface area contributed by atoms with Gasteiger partial charge in [0.15, 0.2) is 0 Å². The summed E-state index contributed by atoms with van der Waals surface area (Å²) >= 11 is 16.8. The molecule has 1 rings (SSSR count). The van der Waals surface area contributed by atoms with Crippen molar-refractivity contribution in [2.75, 3.05) is 20.2 Å². The predicted octanol–water partition coefficient (Wildman–Crippen LogP) is 1.52. The lowest BCUT2D eigenvalue weighted by molar-refractivity contribution is -0.153. The third kappa shape index (κ3) is 9.99. The van der Waals surface area contributed by atoms with Crippen LogP contribution >= 0.6 is 34.8 Å². The van der Waals surface area contributed by atoms with Crippen molar-refractivity contribution in [3.8, 4) is 0 Å². The van der Waals surface area contributed by atoms with Gasteiger partial charge >= 0.3 is 12.1 Å². The van der Waals surface area contributed by atoms with Gasteiger partial charge < -0.3 is 19.9 Å². The van der Waals surface area contributed by atoms with E-state index in [4.69, 9.17) is 44.3 Å². The van der Waals surface area contributed by atoms with Crippen LogP contribution in [0.2, 0.25) is 0 Å². The predicted molar refractivity (Wildman–Crippen MR) is 126 cm³/mol. The van der Waals surface area contributed by atoms with E-state index in [9.17, 15) is 24.3 Å². The Labute approximate surface area is 214 Å². The fourth-order valence-corrected chi connectivity index (χ4v) is 3.29. The summed E-state index contributed by atoms with van der Waals surface area (Å²) in [5, 5.41) is 13.8. The number of hydrazine groups is 1. The highest BCUT2D eigenvalue weighted by Gasteiger charge is 2.37. The lowest BCUT2D eigenvalue weighted by atomic mass is 10.1. The third-order valence-electron chi connectivity index (χ3n) is 4.67. The van der Waals surface area contributed by atoms with Crippen molar-refractivity contribution in [2.24, 2.45) is 0 Å². The molecule has 3 amide bonds. The molecule has 4 atom stereocenters. The first-order valence-electron chi connectivity index (χ1n) is 10.7. The number of hydrogen-bond acceptors (Lipinski definition) is 8. The minimum atomic E-state index is -1.76. The van der Waals surface area contributed by atoms with Crippen molar-refractivity contribution in [2.45, 2.75) is 81.1 Å². The average molecular weight is 548 g/mol. The SMILES string of the molecule is CC(NC(=O)C(C(C)O)N(C)C(=O)OC(C)(C)C)C(=O)N1CCCC(C(=O)OCC(Cl)(Cl)Cl)N1. The monoisotopic (exact) mass is 546 g/mol. The number of nitrogens with zero attached hydrogens (tertiary/aromatic N) is 2. The first-order chi connectivity index (χ1) is 15.4. The third-order valence-corrected chi connectivity index (χ3v) is 5.00. The van der Waals surface area contributed by atoms with E-state index in [1.165, 1.54) is 25.9 Å². The first kappa shape index (κ1) is 30.5. The summed E-state index contributed by atoms with van der Waals surface area (Å²) in [6.07, 6.45) is -1.16. The largest absolute Gasteiger partial charge is 0.460 e. The van der Waals surface area contributed by atoms with E-state index in [0.29, 0.717) is 12.8 Å². The van der Waals surface area contributed by atoms with Crippen molar-refractivity contribution in [3.63, 3.8) is 0 Å². The highest BCUT2D eigenvalue weighted by Crippen LogP contribution is 2.26. The Morgan fingerprint density at radius 2 is 1.79 bits per heavy atom. The molecule has 1 aliphatic rings. The van der Waals surface area contributed by atoms with Gasteiger partial charge in [-0.1, -0.05) is 34.8 Å².